The molecule has 1 aromatic heterocycles. The molecule has 0 amide bonds. The van der Waals surface area contributed by atoms with Crippen LogP contribution in [0, 0.1) is 10.1 Å². The number of hydrogen-bond acceptors (Lipinski definition) is 5. The van der Waals surface area contributed by atoms with Gasteiger partial charge >= 0.3 is 5.97 Å². The fourth-order valence-electron chi connectivity index (χ4n) is 1.51. The lowest BCUT2D eigenvalue weighted by Gasteiger charge is -2.07. The van der Waals surface area contributed by atoms with Crippen molar-refractivity contribution in [1.29, 1.82) is 0 Å². The van der Waals surface area contributed by atoms with Crippen LogP contribution in [0.3, 0.4) is 0 Å². The number of nitro benzene ring substituents is 1. The second-order valence-electron chi connectivity index (χ2n) is 3.66. The second-order valence-corrected chi connectivity index (χ2v) is 3.66. The van der Waals surface area contributed by atoms with Crippen LogP contribution >= 0.6 is 0 Å². The highest BCUT2D eigenvalue weighted by molar-refractivity contribution is 5.90. The fourth-order valence-corrected chi connectivity index (χ4v) is 1.51. The molecule has 1 heterocycles. The third-order valence-corrected chi connectivity index (χ3v) is 2.38. The SMILES string of the molecule is O=C(O)c1ccc(Nc2cccnc2)c([N+](=O)[O-])c1. The van der Waals surface area contributed by atoms with Gasteiger partial charge in [0.15, 0.2) is 0 Å². The largest absolute Gasteiger partial charge is 0.478 e. The number of carboxylic acids is 1. The first-order chi connectivity index (χ1) is 9.08. The van der Waals surface area contributed by atoms with Crippen molar-refractivity contribution in [2.75, 3.05) is 5.32 Å². The highest BCUT2D eigenvalue weighted by atomic mass is 16.6. The summed E-state index contributed by atoms with van der Waals surface area (Å²) in [6, 6.07) is 7.05. The summed E-state index contributed by atoms with van der Waals surface area (Å²) in [6.07, 6.45) is 3.09. The molecule has 0 spiro atoms. The Morgan fingerprint density at radius 3 is 2.74 bits per heavy atom. The molecule has 0 saturated heterocycles. The predicted octanol–water partition coefficient (Wildman–Crippen LogP) is 2.43. The fraction of sp³-hybridized carbons (Fsp3) is 0. The summed E-state index contributed by atoms with van der Waals surface area (Å²) in [5, 5.41) is 22.6. The lowest BCUT2D eigenvalue weighted by Crippen LogP contribution is -2.01. The number of anilines is 2. The van der Waals surface area contributed by atoms with Gasteiger partial charge in [0.05, 0.1) is 22.4 Å². The van der Waals surface area contributed by atoms with Gasteiger partial charge in [0.25, 0.3) is 5.69 Å². The maximum atomic E-state index is 10.9. The topological polar surface area (TPSA) is 105 Å². The molecule has 0 radical (unpaired) electrons. The van der Waals surface area contributed by atoms with Crippen LogP contribution in [0.15, 0.2) is 42.7 Å². The molecule has 7 heteroatoms. The highest BCUT2D eigenvalue weighted by Crippen LogP contribution is 2.28. The number of carboxylic acid groups (broad SMARTS) is 1. The molecule has 0 unspecified atom stereocenters. The number of rotatable bonds is 4. The van der Waals surface area contributed by atoms with Crippen molar-refractivity contribution < 1.29 is 14.8 Å². The van der Waals surface area contributed by atoms with E-state index in [0.29, 0.717) is 5.69 Å². The summed E-state index contributed by atoms with van der Waals surface area (Å²) in [5.74, 6) is -1.21. The van der Waals surface area contributed by atoms with Crippen LogP contribution in [-0.4, -0.2) is 21.0 Å². The van der Waals surface area contributed by atoms with E-state index >= 15 is 0 Å². The first-order valence-corrected chi connectivity index (χ1v) is 5.26. The molecule has 0 atom stereocenters. The van der Waals surface area contributed by atoms with Crippen molar-refractivity contribution in [2.45, 2.75) is 0 Å². The zero-order valence-electron chi connectivity index (χ0n) is 9.61. The Balaban J connectivity index is 2.40. The Hall–Kier alpha value is -2.96. The minimum atomic E-state index is -1.21. The summed E-state index contributed by atoms with van der Waals surface area (Å²) < 4.78 is 0. The van der Waals surface area contributed by atoms with Gasteiger partial charge in [-0.1, -0.05) is 0 Å². The van der Waals surface area contributed by atoms with E-state index in [-0.39, 0.29) is 16.9 Å². The average molecular weight is 259 g/mol. The van der Waals surface area contributed by atoms with Crippen LogP contribution in [0.5, 0.6) is 0 Å². The van der Waals surface area contributed by atoms with Crippen LogP contribution < -0.4 is 5.32 Å². The normalized spacial score (nSPS) is 9.89. The first-order valence-electron chi connectivity index (χ1n) is 5.26. The number of nitrogens with one attached hydrogen (secondary N) is 1. The maximum absolute atomic E-state index is 10.9. The van der Waals surface area contributed by atoms with E-state index in [2.05, 4.69) is 10.3 Å². The zero-order valence-corrected chi connectivity index (χ0v) is 9.61. The van der Waals surface area contributed by atoms with Crippen molar-refractivity contribution in [2.24, 2.45) is 0 Å². The Kier molecular flexibility index (Phi) is 3.37. The molecule has 7 nitrogen and oxygen atoms in total. The Labute approximate surface area is 107 Å². The van der Waals surface area contributed by atoms with Crippen molar-refractivity contribution in [3.05, 3.63) is 58.4 Å². The van der Waals surface area contributed by atoms with Crippen LogP contribution in [-0.2, 0) is 0 Å². The Morgan fingerprint density at radius 2 is 2.16 bits per heavy atom. The third kappa shape index (κ3) is 2.83. The van der Waals surface area contributed by atoms with E-state index in [1.165, 1.54) is 18.3 Å². The molecule has 2 rings (SSSR count). The summed E-state index contributed by atoms with van der Waals surface area (Å²) in [5.41, 5.74) is 0.351. The Morgan fingerprint density at radius 1 is 1.37 bits per heavy atom. The second kappa shape index (κ2) is 5.13. The minimum Gasteiger partial charge on any atom is -0.478 e. The molecular weight excluding hydrogens is 250 g/mol. The molecule has 0 aliphatic rings. The number of benzene rings is 1. The number of carbonyl (C=O) groups is 1. The van der Waals surface area contributed by atoms with E-state index in [4.69, 9.17) is 5.11 Å². The van der Waals surface area contributed by atoms with Crippen LogP contribution in [0.1, 0.15) is 10.4 Å². The first kappa shape index (κ1) is 12.5. The minimum absolute atomic E-state index is 0.136. The average Bonchev–Trinajstić information content (AvgIpc) is 2.39. The molecule has 0 aliphatic heterocycles. The van der Waals surface area contributed by atoms with Crippen LogP contribution in [0.25, 0.3) is 0 Å². The van der Waals surface area contributed by atoms with E-state index in [1.54, 1.807) is 18.3 Å². The number of hydrogen-bond donors (Lipinski definition) is 2. The molecule has 0 fully saturated rings. The van der Waals surface area contributed by atoms with Gasteiger partial charge in [-0.3, -0.25) is 15.1 Å². The number of pyridine rings is 1. The highest BCUT2D eigenvalue weighted by Gasteiger charge is 2.17. The molecule has 2 N–H and O–H groups in total. The molecule has 96 valence electrons. The van der Waals surface area contributed by atoms with Crippen molar-refractivity contribution in [1.82, 2.24) is 4.98 Å². The van der Waals surface area contributed by atoms with Crippen molar-refractivity contribution in [3.63, 3.8) is 0 Å². The van der Waals surface area contributed by atoms with Gasteiger partial charge in [-0.25, -0.2) is 4.79 Å². The number of nitro groups is 1. The summed E-state index contributed by atoms with van der Waals surface area (Å²) in [6.45, 7) is 0. The van der Waals surface area contributed by atoms with Crippen molar-refractivity contribution in [3.8, 4) is 0 Å². The number of aromatic nitrogens is 1. The van der Waals surface area contributed by atoms with E-state index in [1.807, 2.05) is 0 Å². The van der Waals surface area contributed by atoms with Gasteiger partial charge in [-0.05, 0) is 24.3 Å². The zero-order chi connectivity index (χ0) is 13.8. The summed E-state index contributed by atoms with van der Waals surface area (Å²) in [7, 11) is 0. The number of aromatic carboxylic acids is 1. The van der Waals surface area contributed by atoms with Gasteiger partial charge in [0.1, 0.15) is 5.69 Å². The molecule has 1 aromatic carbocycles. The third-order valence-electron chi connectivity index (χ3n) is 2.38. The molecule has 2 aromatic rings. The van der Waals surface area contributed by atoms with Crippen LogP contribution in [0.4, 0.5) is 17.1 Å². The van der Waals surface area contributed by atoms with Gasteiger partial charge in [-0.15, -0.1) is 0 Å². The van der Waals surface area contributed by atoms with E-state index in [9.17, 15) is 14.9 Å². The molecule has 0 saturated carbocycles. The predicted molar refractivity (Wildman–Crippen MR) is 67.6 cm³/mol. The molecular formula is C12H9N3O4. The summed E-state index contributed by atoms with van der Waals surface area (Å²) in [4.78, 5) is 25.0. The lowest BCUT2D eigenvalue weighted by atomic mass is 10.1. The monoisotopic (exact) mass is 259 g/mol. The quantitative estimate of drug-likeness (QED) is 0.645. The van der Waals surface area contributed by atoms with Crippen LogP contribution in [0.2, 0.25) is 0 Å². The van der Waals surface area contributed by atoms with Gasteiger partial charge in [-0.2, -0.15) is 0 Å². The molecule has 0 bridgehead atoms. The smallest absolute Gasteiger partial charge is 0.335 e. The molecule has 0 aliphatic carbocycles. The van der Waals surface area contributed by atoms with Gasteiger partial charge < -0.3 is 10.4 Å². The van der Waals surface area contributed by atoms with Gasteiger partial charge in [0.2, 0.25) is 0 Å². The van der Waals surface area contributed by atoms with E-state index in [0.717, 1.165) is 6.07 Å². The Bertz CT molecular complexity index is 628. The molecule has 19 heavy (non-hydrogen) atoms. The van der Waals surface area contributed by atoms with E-state index < -0.39 is 10.9 Å². The van der Waals surface area contributed by atoms with Crippen molar-refractivity contribution >= 4 is 23.0 Å². The van der Waals surface area contributed by atoms with Gasteiger partial charge in [0, 0.05) is 12.3 Å². The standard InChI is InChI=1S/C12H9N3O4/c16-12(17)8-3-4-10(11(6-8)15(18)19)14-9-2-1-5-13-7-9/h1-7,14H,(H,16,17). The summed E-state index contributed by atoms with van der Waals surface area (Å²) >= 11 is 0. The maximum Gasteiger partial charge on any atom is 0.335 e. The lowest BCUT2D eigenvalue weighted by molar-refractivity contribution is -0.383. The number of nitrogens with zero attached hydrogens (tertiary/aromatic N) is 2.